The quantitative estimate of drug-likeness (QED) is 0.300. The summed E-state index contributed by atoms with van der Waals surface area (Å²) < 4.78 is 0. The first kappa shape index (κ1) is 48.1. The zero-order valence-corrected chi connectivity index (χ0v) is 17.0. The van der Waals surface area contributed by atoms with Crippen molar-refractivity contribution in [3.8, 4) is 0 Å². The molecule has 0 bridgehead atoms. The normalized spacial score (nSPS) is 0. The summed E-state index contributed by atoms with van der Waals surface area (Å²) >= 11 is 0. The summed E-state index contributed by atoms with van der Waals surface area (Å²) in [5, 5.41) is 0. The molecule has 0 aliphatic carbocycles. The molecule has 0 rings (SSSR count). The van der Waals surface area contributed by atoms with Crippen LogP contribution in [0.1, 0.15) is 0 Å². The second-order valence-corrected chi connectivity index (χ2v) is 0. The average molecular weight is 1150 g/mol. The topological polar surface area (TPSA) is 0 Å². The van der Waals surface area contributed by atoms with Crippen molar-refractivity contribution in [1.29, 1.82) is 0 Å². The molecule has 0 nitrogen and oxygen atoms in total. The van der Waals surface area contributed by atoms with Gasteiger partial charge < -0.3 is 0 Å². The maximum absolute atomic E-state index is 0. The molecular weight excluding hydrogens is 1150 g/mol. The van der Waals surface area contributed by atoms with Crippen LogP contribution in [0.25, 0.3) is 0 Å². The molecule has 0 amide bonds. The van der Waals surface area contributed by atoms with Crippen LogP contribution in [0.15, 0.2) is 0 Å². The Hall–Kier alpha value is 4.31. The third-order valence-corrected chi connectivity index (χ3v) is 0. The van der Waals surface area contributed by atoms with Crippen molar-refractivity contribution in [1.82, 2.24) is 0 Å². The van der Waals surface area contributed by atoms with Gasteiger partial charge in [-0.25, -0.2) is 0 Å². The van der Waals surface area contributed by atoms with Gasteiger partial charge in [-0.3, -0.25) is 0 Å². The van der Waals surface area contributed by atoms with Crippen molar-refractivity contribution in [2.45, 2.75) is 0 Å². The summed E-state index contributed by atoms with van der Waals surface area (Å²) in [5.41, 5.74) is 0. The first-order chi connectivity index (χ1) is 0. The van der Waals surface area contributed by atoms with Crippen LogP contribution >= 0.6 is 0 Å². The molecule has 54 valence electrons. The van der Waals surface area contributed by atoms with Crippen molar-refractivity contribution >= 4 is 0 Å². The Kier molecular flexibility index (Phi) is 277. The zero-order valence-electron chi connectivity index (χ0n) is 2.08. The molecule has 0 spiro atoms. The molecule has 0 saturated heterocycles. The van der Waals surface area contributed by atoms with Gasteiger partial charge in [-0.1, -0.05) is 0 Å². The van der Waals surface area contributed by atoms with Gasteiger partial charge in [0.2, 0.25) is 0 Å². The smallest absolute Gasteiger partial charge is 0 e. The van der Waals surface area contributed by atoms with E-state index in [2.05, 4.69) is 0 Å². The van der Waals surface area contributed by atoms with Crippen molar-refractivity contribution in [3.63, 3.8) is 0 Å². The zero-order chi connectivity index (χ0) is 0. The second kappa shape index (κ2) is 34.6. The van der Waals surface area contributed by atoms with Crippen LogP contribution in [-0.4, -0.2) is 0 Å². The largest absolute Gasteiger partial charge is 0 e. The van der Waals surface area contributed by atoms with Gasteiger partial charge in [-0.2, -0.15) is 0 Å². The monoisotopic (exact) mass is 1150 g/mol. The number of hydrogen-bond acceptors (Lipinski definition) is 0. The molecule has 0 saturated carbocycles. The predicted octanol–water partition coefficient (Wildman–Crippen LogP) is -0.0150. The molecule has 6 heavy (non-hydrogen) atoms. The molecule has 6 heteroatoms. The fourth-order valence-electron chi connectivity index (χ4n) is 0. The van der Waals surface area contributed by atoms with E-state index in [4.69, 9.17) is 0 Å². The van der Waals surface area contributed by atoms with Gasteiger partial charge in [0.1, 0.15) is 0 Å². The van der Waals surface area contributed by atoms with Gasteiger partial charge in [-0.05, 0) is 0 Å². The van der Waals surface area contributed by atoms with Crippen LogP contribution in [-0.2, 0) is 131 Å². The Morgan fingerprint density at radius 2 is 0.333 bits per heavy atom. The van der Waals surface area contributed by atoms with E-state index in [9.17, 15) is 0 Å². The Labute approximate surface area is 128 Å². The molecule has 0 aromatic rings. The van der Waals surface area contributed by atoms with E-state index < -0.39 is 0 Å². The minimum absolute atomic E-state index is 0. The summed E-state index contributed by atoms with van der Waals surface area (Å²) in [6, 6.07) is 0. The molecule has 0 aliphatic heterocycles. The molecule has 0 radical (unpaired) electrons. The van der Waals surface area contributed by atoms with Gasteiger partial charge in [0, 0.05) is 131 Å². The standard InChI is InChI=1S/Hf.5Pt. The van der Waals surface area contributed by atoms with E-state index in [0.717, 1.165) is 0 Å². The Balaban J connectivity index is 0. The summed E-state index contributed by atoms with van der Waals surface area (Å²) in [6.07, 6.45) is 0. The van der Waals surface area contributed by atoms with E-state index >= 15 is 0 Å². The minimum Gasteiger partial charge on any atom is 0 e. The van der Waals surface area contributed by atoms with Gasteiger partial charge in [0.15, 0.2) is 0 Å². The summed E-state index contributed by atoms with van der Waals surface area (Å²) in [4.78, 5) is 0. The van der Waals surface area contributed by atoms with Crippen molar-refractivity contribution < 1.29 is 131 Å². The molecule has 0 aliphatic rings. The van der Waals surface area contributed by atoms with Crippen LogP contribution < -0.4 is 0 Å². The van der Waals surface area contributed by atoms with Crippen molar-refractivity contribution in [2.24, 2.45) is 0 Å². The third kappa shape index (κ3) is 23.9. The van der Waals surface area contributed by atoms with Crippen LogP contribution in [0.3, 0.4) is 0 Å². The summed E-state index contributed by atoms with van der Waals surface area (Å²) in [5.74, 6) is 0. The van der Waals surface area contributed by atoms with Crippen LogP contribution in [0.5, 0.6) is 0 Å². The van der Waals surface area contributed by atoms with E-state index in [-0.39, 0.29) is 131 Å². The molecule has 0 heterocycles. The Morgan fingerprint density at radius 1 is 0.333 bits per heavy atom. The maximum atomic E-state index is 0. The molecule has 0 N–H and O–H groups in total. The van der Waals surface area contributed by atoms with E-state index in [1.165, 1.54) is 0 Å². The van der Waals surface area contributed by atoms with Crippen LogP contribution in [0, 0.1) is 0 Å². The Morgan fingerprint density at radius 3 is 0.333 bits per heavy atom. The van der Waals surface area contributed by atoms with E-state index in [1.807, 2.05) is 0 Å². The first-order valence-corrected chi connectivity index (χ1v) is 0. The Bertz CT molecular complexity index is 3.90. The minimum atomic E-state index is 0. The summed E-state index contributed by atoms with van der Waals surface area (Å²) in [7, 11) is 0. The van der Waals surface area contributed by atoms with E-state index in [0.29, 0.717) is 0 Å². The molecule has 0 fully saturated rings. The molecule has 0 aromatic carbocycles. The molecular formula is HfPt5. The summed E-state index contributed by atoms with van der Waals surface area (Å²) in [6.45, 7) is 0. The number of hydrogen-bond donors (Lipinski definition) is 0. The van der Waals surface area contributed by atoms with Gasteiger partial charge in [0.05, 0.1) is 0 Å². The molecule has 0 aromatic heterocycles. The fraction of sp³-hybridized carbons (Fsp3) is 0. The van der Waals surface area contributed by atoms with Crippen molar-refractivity contribution in [2.75, 3.05) is 0 Å². The predicted molar refractivity (Wildman–Crippen MR) is 0 cm³/mol. The van der Waals surface area contributed by atoms with Crippen molar-refractivity contribution in [3.05, 3.63) is 0 Å². The van der Waals surface area contributed by atoms with Gasteiger partial charge >= 0.3 is 0 Å². The second-order valence-electron chi connectivity index (χ2n) is 0. The average Bonchev–Trinajstić information content (AvgIpc) is 0. The first-order valence-electron chi connectivity index (χ1n) is 0. The van der Waals surface area contributed by atoms with Gasteiger partial charge in [-0.15, -0.1) is 0 Å². The van der Waals surface area contributed by atoms with Crippen LogP contribution in [0.2, 0.25) is 0 Å². The SMILES string of the molecule is [Hf].[Pt].[Pt].[Pt].[Pt].[Pt]. The maximum Gasteiger partial charge on any atom is 0 e. The fourth-order valence-corrected chi connectivity index (χ4v) is 0. The molecule has 0 unspecified atom stereocenters. The molecule has 0 atom stereocenters. The van der Waals surface area contributed by atoms with Gasteiger partial charge in [0.25, 0.3) is 0 Å². The third-order valence-electron chi connectivity index (χ3n) is 0. The van der Waals surface area contributed by atoms with Crippen LogP contribution in [0.4, 0.5) is 0 Å². The number of rotatable bonds is 0. The van der Waals surface area contributed by atoms with E-state index in [1.54, 1.807) is 0 Å².